The van der Waals surface area contributed by atoms with Gasteiger partial charge < -0.3 is 10.5 Å². The summed E-state index contributed by atoms with van der Waals surface area (Å²) in [6.45, 7) is 0.586. The van der Waals surface area contributed by atoms with Crippen LogP contribution in [0.4, 0.5) is 8.78 Å². The average molecular weight is 213 g/mol. The highest BCUT2D eigenvalue weighted by molar-refractivity contribution is 6.17. The fraction of sp³-hybridized carbons (Fsp3) is 0.100. The van der Waals surface area contributed by atoms with Crippen molar-refractivity contribution < 1.29 is 18.3 Å². The first-order chi connectivity index (χ1) is 7.00. The van der Waals surface area contributed by atoms with E-state index in [0.717, 1.165) is 0 Å². The summed E-state index contributed by atoms with van der Waals surface area (Å²) in [5.41, 5.74) is 5.60. The fourth-order valence-corrected chi connectivity index (χ4v) is 0.980. The molecular formula is C10H9F2NO2. The number of carbonyl (C=O) groups excluding carboxylic acids is 1. The van der Waals surface area contributed by atoms with Crippen molar-refractivity contribution in [2.45, 2.75) is 6.61 Å². The molecule has 0 aliphatic heterocycles. The van der Waals surface area contributed by atoms with Crippen LogP contribution in [-0.4, -0.2) is 12.5 Å². The third-order valence-corrected chi connectivity index (χ3v) is 1.73. The summed E-state index contributed by atoms with van der Waals surface area (Å²) in [7, 11) is 0. The molecular weight excluding hydrogens is 204 g/mol. The molecule has 80 valence electrons. The second kappa shape index (κ2) is 4.54. The van der Waals surface area contributed by atoms with Gasteiger partial charge in [-0.05, 0) is 17.7 Å². The van der Waals surface area contributed by atoms with Crippen LogP contribution in [0.3, 0.4) is 0 Å². The van der Waals surface area contributed by atoms with Gasteiger partial charge in [0.05, 0.1) is 0 Å². The van der Waals surface area contributed by atoms with E-state index in [2.05, 4.69) is 11.3 Å². The van der Waals surface area contributed by atoms with Crippen LogP contribution in [0.1, 0.15) is 5.56 Å². The Morgan fingerprint density at radius 3 is 2.27 bits per heavy atom. The third-order valence-electron chi connectivity index (χ3n) is 1.73. The van der Waals surface area contributed by atoms with Crippen LogP contribution in [0.2, 0.25) is 0 Å². The summed E-state index contributed by atoms with van der Waals surface area (Å²) in [4.78, 5) is 10.7. The van der Waals surface area contributed by atoms with E-state index in [9.17, 15) is 13.6 Å². The number of alkyl halides is 2. The predicted octanol–water partition coefficient (Wildman–Crippen LogP) is 1.79. The summed E-state index contributed by atoms with van der Waals surface area (Å²) in [6, 6.07) is 5.50. The predicted molar refractivity (Wildman–Crippen MR) is 51.3 cm³/mol. The summed E-state index contributed by atoms with van der Waals surface area (Å²) in [6.07, 6.45) is 0. The molecule has 2 N–H and O–H groups in total. The minimum absolute atomic E-state index is 0.0195. The molecule has 15 heavy (non-hydrogen) atoms. The molecule has 1 amide bonds. The standard InChI is InChI=1S/C10H9F2NO2/c1-6(9(13)14)7-2-4-8(5-3-7)15-10(11)12/h2-5,10H,1H2,(H2,13,14). The Balaban J connectivity index is 2.81. The molecule has 0 spiro atoms. The van der Waals surface area contributed by atoms with Crippen LogP contribution in [0.5, 0.6) is 5.75 Å². The van der Waals surface area contributed by atoms with Crippen molar-refractivity contribution >= 4 is 11.5 Å². The lowest BCUT2D eigenvalue weighted by Crippen LogP contribution is -2.11. The lowest BCUT2D eigenvalue weighted by molar-refractivity contribution is -0.112. The molecule has 1 aromatic rings. The Kier molecular flexibility index (Phi) is 3.38. The van der Waals surface area contributed by atoms with Gasteiger partial charge in [0.2, 0.25) is 5.91 Å². The zero-order valence-corrected chi connectivity index (χ0v) is 7.74. The van der Waals surface area contributed by atoms with Gasteiger partial charge in [0.1, 0.15) is 5.75 Å². The van der Waals surface area contributed by atoms with E-state index in [4.69, 9.17) is 5.73 Å². The zero-order chi connectivity index (χ0) is 11.4. The van der Waals surface area contributed by atoms with Gasteiger partial charge in [-0.3, -0.25) is 4.79 Å². The fourth-order valence-electron chi connectivity index (χ4n) is 0.980. The van der Waals surface area contributed by atoms with Gasteiger partial charge in [-0.25, -0.2) is 0 Å². The molecule has 0 aliphatic carbocycles. The van der Waals surface area contributed by atoms with Crippen LogP contribution in [0.25, 0.3) is 5.57 Å². The van der Waals surface area contributed by atoms with Crippen molar-refractivity contribution in [1.29, 1.82) is 0 Å². The van der Waals surface area contributed by atoms with E-state index in [0.29, 0.717) is 5.56 Å². The number of benzene rings is 1. The van der Waals surface area contributed by atoms with Crippen molar-refractivity contribution in [3.8, 4) is 5.75 Å². The maximum absolute atomic E-state index is 11.8. The van der Waals surface area contributed by atoms with Gasteiger partial charge in [0.15, 0.2) is 0 Å². The number of rotatable bonds is 4. The lowest BCUT2D eigenvalue weighted by Gasteiger charge is -2.05. The minimum Gasteiger partial charge on any atom is -0.435 e. The zero-order valence-electron chi connectivity index (χ0n) is 7.74. The van der Waals surface area contributed by atoms with Gasteiger partial charge in [-0.1, -0.05) is 18.7 Å². The highest BCUT2D eigenvalue weighted by Crippen LogP contribution is 2.18. The van der Waals surface area contributed by atoms with Gasteiger partial charge in [0, 0.05) is 5.57 Å². The van der Waals surface area contributed by atoms with Gasteiger partial charge in [0.25, 0.3) is 0 Å². The quantitative estimate of drug-likeness (QED) is 0.775. The topological polar surface area (TPSA) is 52.3 Å². The number of carbonyl (C=O) groups is 1. The largest absolute Gasteiger partial charge is 0.435 e. The third kappa shape index (κ3) is 3.05. The van der Waals surface area contributed by atoms with E-state index in [1.165, 1.54) is 24.3 Å². The molecule has 0 fully saturated rings. The molecule has 5 heteroatoms. The Hall–Kier alpha value is -1.91. The van der Waals surface area contributed by atoms with Crippen LogP contribution in [-0.2, 0) is 4.79 Å². The molecule has 0 saturated carbocycles. The maximum Gasteiger partial charge on any atom is 0.387 e. The molecule has 0 heterocycles. The monoisotopic (exact) mass is 213 g/mol. The lowest BCUT2D eigenvalue weighted by atomic mass is 10.1. The number of nitrogens with two attached hydrogens (primary N) is 1. The summed E-state index contributed by atoms with van der Waals surface area (Å²) >= 11 is 0. The molecule has 1 aromatic carbocycles. The Morgan fingerprint density at radius 2 is 1.87 bits per heavy atom. The first-order valence-electron chi connectivity index (χ1n) is 4.04. The first kappa shape index (κ1) is 11.2. The smallest absolute Gasteiger partial charge is 0.387 e. The molecule has 0 radical (unpaired) electrons. The van der Waals surface area contributed by atoms with Crippen molar-refractivity contribution in [3.63, 3.8) is 0 Å². The molecule has 1 rings (SSSR count). The first-order valence-corrected chi connectivity index (χ1v) is 4.04. The number of ether oxygens (including phenoxy) is 1. The molecule has 0 atom stereocenters. The van der Waals surface area contributed by atoms with E-state index >= 15 is 0 Å². The van der Waals surface area contributed by atoms with Crippen molar-refractivity contribution in [2.75, 3.05) is 0 Å². The van der Waals surface area contributed by atoms with Crippen LogP contribution in [0, 0.1) is 0 Å². The van der Waals surface area contributed by atoms with Gasteiger partial charge in [-0.2, -0.15) is 8.78 Å². The molecule has 0 aliphatic rings. The normalized spacial score (nSPS) is 10.1. The van der Waals surface area contributed by atoms with Crippen molar-refractivity contribution in [1.82, 2.24) is 0 Å². The Labute approximate surface area is 85.1 Å². The molecule has 0 bridgehead atoms. The van der Waals surface area contributed by atoms with Gasteiger partial charge >= 0.3 is 6.61 Å². The number of primary amides is 1. The highest BCUT2D eigenvalue weighted by Gasteiger charge is 2.07. The number of hydrogen-bond acceptors (Lipinski definition) is 2. The Bertz CT molecular complexity index is 374. The molecule has 0 unspecified atom stereocenters. The number of amides is 1. The van der Waals surface area contributed by atoms with E-state index in [1.54, 1.807) is 0 Å². The summed E-state index contributed by atoms with van der Waals surface area (Å²) < 4.78 is 27.7. The second-order valence-electron chi connectivity index (χ2n) is 2.75. The summed E-state index contributed by atoms with van der Waals surface area (Å²) in [5.74, 6) is -0.636. The molecule has 0 aromatic heterocycles. The van der Waals surface area contributed by atoms with Crippen LogP contribution < -0.4 is 10.5 Å². The van der Waals surface area contributed by atoms with E-state index < -0.39 is 12.5 Å². The van der Waals surface area contributed by atoms with Crippen molar-refractivity contribution in [3.05, 3.63) is 36.4 Å². The minimum atomic E-state index is -2.87. The molecule has 0 saturated heterocycles. The average Bonchev–Trinajstić information content (AvgIpc) is 2.17. The maximum atomic E-state index is 11.8. The molecule has 3 nitrogen and oxygen atoms in total. The SMILES string of the molecule is C=C(C(N)=O)c1ccc(OC(F)F)cc1. The second-order valence-corrected chi connectivity index (χ2v) is 2.75. The van der Waals surface area contributed by atoms with Crippen LogP contribution in [0.15, 0.2) is 30.8 Å². The van der Waals surface area contributed by atoms with E-state index in [1.807, 2.05) is 0 Å². The van der Waals surface area contributed by atoms with Gasteiger partial charge in [-0.15, -0.1) is 0 Å². The highest BCUT2D eigenvalue weighted by atomic mass is 19.3. The van der Waals surface area contributed by atoms with E-state index in [-0.39, 0.29) is 11.3 Å². The number of hydrogen-bond donors (Lipinski definition) is 1. The number of halogens is 2. The summed E-state index contributed by atoms with van der Waals surface area (Å²) in [5, 5.41) is 0. The Morgan fingerprint density at radius 1 is 1.33 bits per heavy atom. The van der Waals surface area contributed by atoms with Crippen molar-refractivity contribution in [2.24, 2.45) is 5.73 Å². The van der Waals surface area contributed by atoms with Crippen LogP contribution >= 0.6 is 0 Å².